The third-order valence-electron chi connectivity index (χ3n) is 3.25. The van der Waals surface area contributed by atoms with E-state index in [1.54, 1.807) is 14.2 Å². The van der Waals surface area contributed by atoms with E-state index in [9.17, 15) is 0 Å². The van der Waals surface area contributed by atoms with Gasteiger partial charge in [0.05, 0.1) is 19.7 Å². The lowest BCUT2D eigenvalue weighted by atomic mass is 10.1. The van der Waals surface area contributed by atoms with Crippen LogP contribution in [0, 0.1) is 0 Å². The fourth-order valence-electron chi connectivity index (χ4n) is 2.37. The first-order chi connectivity index (χ1) is 9.24. The Morgan fingerprint density at radius 2 is 1.74 bits per heavy atom. The van der Waals surface area contributed by atoms with Crippen LogP contribution in [0.5, 0.6) is 11.5 Å². The van der Waals surface area contributed by atoms with Gasteiger partial charge in [-0.3, -0.25) is 0 Å². The first-order valence-electron chi connectivity index (χ1n) is 6.39. The Labute approximate surface area is 113 Å². The Hall–Kier alpha value is -1.72. The molecule has 0 aliphatic carbocycles. The van der Waals surface area contributed by atoms with Gasteiger partial charge < -0.3 is 25.5 Å². The van der Waals surface area contributed by atoms with Gasteiger partial charge in [0.25, 0.3) is 0 Å². The number of hydrogen-bond acceptors (Lipinski definition) is 4. The summed E-state index contributed by atoms with van der Waals surface area (Å²) in [5.41, 5.74) is 13.6. The second-order valence-corrected chi connectivity index (χ2v) is 4.40. The predicted molar refractivity (Wildman–Crippen MR) is 76.9 cm³/mol. The topological polar surface area (TPSA) is 75.4 Å². The third kappa shape index (κ3) is 2.52. The summed E-state index contributed by atoms with van der Waals surface area (Å²) < 4.78 is 12.9. The molecule has 5 heteroatoms. The van der Waals surface area contributed by atoms with Crippen molar-refractivity contribution in [1.82, 2.24) is 4.57 Å². The van der Waals surface area contributed by atoms with Gasteiger partial charge in [0.2, 0.25) is 0 Å². The number of nitrogens with two attached hydrogens (primary N) is 2. The summed E-state index contributed by atoms with van der Waals surface area (Å²) in [6.07, 6.45) is 2.95. The van der Waals surface area contributed by atoms with Crippen LogP contribution in [0.15, 0.2) is 18.3 Å². The van der Waals surface area contributed by atoms with Crippen LogP contribution in [0.3, 0.4) is 0 Å². The Kier molecular flexibility index (Phi) is 4.29. The Morgan fingerprint density at radius 1 is 1.05 bits per heavy atom. The van der Waals surface area contributed by atoms with Crippen molar-refractivity contribution in [2.45, 2.75) is 13.0 Å². The van der Waals surface area contributed by atoms with Crippen LogP contribution in [0.2, 0.25) is 0 Å². The number of fused-ring (bicyclic) bond motifs is 1. The second-order valence-electron chi connectivity index (χ2n) is 4.40. The summed E-state index contributed by atoms with van der Waals surface area (Å²) in [4.78, 5) is 0. The van der Waals surface area contributed by atoms with Crippen LogP contribution in [0.4, 0.5) is 0 Å². The molecule has 4 N–H and O–H groups in total. The maximum atomic E-state index is 5.67. The standard InChI is InChI=1S/C14H21N3O2/c1-18-13-7-11-10(3-4-15)9-17(6-5-16)12(11)8-14(13)19-2/h7-9H,3-6,15-16H2,1-2H3. The smallest absolute Gasteiger partial charge is 0.162 e. The average Bonchev–Trinajstić information content (AvgIpc) is 2.76. The minimum Gasteiger partial charge on any atom is -0.493 e. The van der Waals surface area contributed by atoms with Crippen molar-refractivity contribution in [3.63, 3.8) is 0 Å². The first-order valence-corrected chi connectivity index (χ1v) is 6.39. The molecule has 0 radical (unpaired) electrons. The molecule has 0 fully saturated rings. The monoisotopic (exact) mass is 263 g/mol. The van der Waals surface area contributed by atoms with Crippen molar-refractivity contribution in [3.05, 3.63) is 23.9 Å². The van der Waals surface area contributed by atoms with Crippen LogP contribution >= 0.6 is 0 Å². The molecule has 0 atom stereocenters. The molecule has 2 aromatic rings. The highest BCUT2D eigenvalue weighted by Crippen LogP contribution is 2.34. The lowest BCUT2D eigenvalue weighted by molar-refractivity contribution is 0.355. The van der Waals surface area contributed by atoms with Gasteiger partial charge >= 0.3 is 0 Å². The number of aromatic nitrogens is 1. The number of methoxy groups -OCH3 is 2. The van der Waals surface area contributed by atoms with Crippen LogP contribution in [-0.2, 0) is 13.0 Å². The van der Waals surface area contributed by atoms with Gasteiger partial charge in [-0.15, -0.1) is 0 Å². The summed E-state index contributed by atoms with van der Waals surface area (Å²) in [6, 6.07) is 4.00. The minimum absolute atomic E-state index is 0.597. The van der Waals surface area contributed by atoms with Gasteiger partial charge in [0.15, 0.2) is 11.5 Å². The number of ether oxygens (including phenoxy) is 2. The summed E-state index contributed by atoms with van der Waals surface area (Å²) in [5, 5.41) is 1.15. The number of benzene rings is 1. The summed E-state index contributed by atoms with van der Waals surface area (Å²) >= 11 is 0. The molecule has 0 aliphatic heterocycles. The summed E-state index contributed by atoms with van der Waals surface area (Å²) in [7, 11) is 3.28. The zero-order valence-corrected chi connectivity index (χ0v) is 11.5. The van der Waals surface area contributed by atoms with Crippen molar-refractivity contribution in [3.8, 4) is 11.5 Å². The lowest BCUT2D eigenvalue weighted by Gasteiger charge is -2.09. The summed E-state index contributed by atoms with van der Waals surface area (Å²) in [5.74, 6) is 1.46. The molecule has 0 aliphatic rings. The quantitative estimate of drug-likeness (QED) is 0.819. The van der Waals surface area contributed by atoms with E-state index in [1.165, 1.54) is 5.56 Å². The molecule has 1 aromatic heterocycles. The van der Waals surface area contributed by atoms with E-state index in [0.29, 0.717) is 13.1 Å². The SMILES string of the molecule is COc1cc2c(CCN)cn(CCN)c2cc1OC. The highest BCUT2D eigenvalue weighted by Gasteiger charge is 2.13. The van der Waals surface area contributed by atoms with Gasteiger partial charge in [0.1, 0.15) is 0 Å². The van der Waals surface area contributed by atoms with Gasteiger partial charge in [-0.1, -0.05) is 0 Å². The molecule has 0 spiro atoms. The maximum Gasteiger partial charge on any atom is 0.162 e. The zero-order valence-electron chi connectivity index (χ0n) is 11.5. The molecule has 104 valence electrons. The number of hydrogen-bond donors (Lipinski definition) is 2. The molecule has 0 saturated carbocycles. The second kappa shape index (κ2) is 5.95. The molecule has 19 heavy (non-hydrogen) atoms. The van der Waals surface area contributed by atoms with E-state index in [1.807, 2.05) is 12.1 Å². The van der Waals surface area contributed by atoms with Crippen LogP contribution in [0.1, 0.15) is 5.56 Å². The third-order valence-corrected chi connectivity index (χ3v) is 3.25. The van der Waals surface area contributed by atoms with Crippen molar-refractivity contribution in [2.24, 2.45) is 11.5 Å². The molecule has 0 saturated heterocycles. The number of rotatable bonds is 6. The van der Waals surface area contributed by atoms with Gasteiger partial charge in [-0.2, -0.15) is 0 Å². The van der Waals surface area contributed by atoms with Gasteiger partial charge in [0, 0.05) is 30.7 Å². The fraction of sp³-hybridized carbons (Fsp3) is 0.429. The van der Waals surface area contributed by atoms with E-state index >= 15 is 0 Å². The molecule has 1 heterocycles. The van der Waals surface area contributed by atoms with Crippen molar-refractivity contribution in [2.75, 3.05) is 27.3 Å². The predicted octanol–water partition coefficient (Wildman–Crippen LogP) is 1.12. The Balaban J connectivity index is 2.63. The molecule has 0 amide bonds. The van der Waals surface area contributed by atoms with E-state index in [-0.39, 0.29) is 0 Å². The molecule has 2 rings (SSSR count). The normalized spacial score (nSPS) is 10.9. The molecular formula is C14H21N3O2. The lowest BCUT2D eigenvalue weighted by Crippen LogP contribution is -2.08. The van der Waals surface area contributed by atoms with E-state index in [0.717, 1.165) is 35.4 Å². The minimum atomic E-state index is 0.597. The Morgan fingerprint density at radius 3 is 2.32 bits per heavy atom. The molecule has 0 unspecified atom stereocenters. The van der Waals surface area contributed by atoms with Gasteiger partial charge in [-0.05, 0) is 24.6 Å². The van der Waals surface area contributed by atoms with Crippen molar-refractivity contribution < 1.29 is 9.47 Å². The summed E-state index contributed by atoms with van der Waals surface area (Å²) in [6.45, 7) is 1.99. The zero-order chi connectivity index (χ0) is 13.8. The first kappa shape index (κ1) is 13.7. The number of nitrogens with zero attached hydrogens (tertiary/aromatic N) is 1. The average molecular weight is 263 g/mol. The van der Waals surface area contributed by atoms with Gasteiger partial charge in [-0.25, -0.2) is 0 Å². The largest absolute Gasteiger partial charge is 0.493 e. The molecule has 0 bridgehead atoms. The highest BCUT2D eigenvalue weighted by atomic mass is 16.5. The van der Waals surface area contributed by atoms with Crippen LogP contribution in [0.25, 0.3) is 10.9 Å². The molecule has 1 aromatic carbocycles. The van der Waals surface area contributed by atoms with E-state index < -0.39 is 0 Å². The van der Waals surface area contributed by atoms with Crippen molar-refractivity contribution >= 4 is 10.9 Å². The molecular weight excluding hydrogens is 242 g/mol. The van der Waals surface area contributed by atoms with E-state index in [2.05, 4.69) is 10.8 Å². The van der Waals surface area contributed by atoms with E-state index in [4.69, 9.17) is 20.9 Å². The van der Waals surface area contributed by atoms with Crippen molar-refractivity contribution in [1.29, 1.82) is 0 Å². The van der Waals surface area contributed by atoms with Crippen LogP contribution < -0.4 is 20.9 Å². The van der Waals surface area contributed by atoms with Crippen LogP contribution in [-0.4, -0.2) is 31.9 Å². The highest BCUT2D eigenvalue weighted by molar-refractivity contribution is 5.87. The molecule has 5 nitrogen and oxygen atoms in total. The fourth-order valence-corrected chi connectivity index (χ4v) is 2.37. The Bertz CT molecular complexity index is 515. The maximum absolute atomic E-state index is 5.67.